The minimum atomic E-state index is -1.65. The molecule has 0 bridgehead atoms. The average Bonchev–Trinajstić information content (AvgIpc) is 3.03. The van der Waals surface area contributed by atoms with Gasteiger partial charge in [0.25, 0.3) is 0 Å². The van der Waals surface area contributed by atoms with Gasteiger partial charge in [0.1, 0.15) is 29.6 Å². The molecule has 15 nitrogen and oxygen atoms in total. The van der Waals surface area contributed by atoms with Gasteiger partial charge in [0, 0.05) is 12.6 Å². The molecule has 258 valence electrons. The van der Waals surface area contributed by atoms with E-state index in [1.54, 1.807) is 0 Å². The van der Waals surface area contributed by atoms with Gasteiger partial charge in [-0.1, -0.05) is 45.4 Å². The van der Waals surface area contributed by atoms with Gasteiger partial charge in [0.2, 0.25) is 0 Å². The summed E-state index contributed by atoms with van der Waals surface area (Å²) in [7, 11) is 1.32. The number of fused-ring (bicyclic) bond motifs is 1. The number of benzene rings is 1. The second-order valence-corrected chi connectivity index (χ2v) is 12.6. The molecule has 2 atom stereocenters. The van der Waals surface area contributed by atoms with Gasteiger partial charge in [-0.25, -0.2) is 28.9 Å². The first-order chi connectivity index (χ1) is 23.1. The van der Waals surface area contributed by atoms with E-state index < -0.39 is 58.4 Å². The summed E-state index contributed by atoms with van der Waals surface area (Å²) in [6.45, 7) is 7.85. The third-order valence-electron chi connectivity index (χ3n) is 8.42. The molecule has 1 fully saturated rings. The van der Waals surface area contributed by atoms with Crippen molar-refractivity contribution in [2.45, 2.75) is 58.5 Å². The minimum Gasteiger partial charge on any atom is -0.496 e. The maximum absolute atomic E-state index is 15.5. The third-order valence-corrected chi connectivity index (χ3v) is 8.71. The van der Waals surface area contributed by atoms with Gasteiger partial charge in [0.15, 0.2) is 5.65 Å². The first-order valence-electron chi connectivity index (χ1n) is 15.2. The van der Waals surface area contributed by atoms with E-state index in [2.05, 4.69) is 9.97 Å². The van der Waals surface area contributed by atoms with Gasteiger partial charge >= 0.3 is 23.3 Å². The number of ether oxygens (including phenoxy) is 1. The molecule has 0 saturated carbocycles. The lowest BCUT2D eigenvalue weighted by Crippen LogP contribution is -2.61. The van der Waals surface area contributed by atoms with Crippen LogP contribution in [-0.4, -0.2) is 83.9 Å². The standard InChI is InChI=1S/C32H33ClFN7O8/c1-14(2)23-27(24(15(3)4)36-13-35-23)40-29-17(10-18(33)25(37-29)22-19(34)8-7-9-21(22)49-6)26(28(30(40)42)41(47)48)39-11-16(5)38(32(45)46)12-20(39)31(43)44/h7-10,13-16,20H,11-12H2,1-6H3,(H,43,44)(H,45,46)/t16-,20-/m1/s1. The number of aromatic nitrogens is 4. The van der Waals surface area contributed by atoms with Crippen LogP contribution in [0, 0.1) is 15.9 Å². The number of methoxy groups -OCH3 is 1. The fourth-order valence-electron chi connectivity index (χ4n) is 6.18. The van der Waals surface area contributed by atoms with Crippen LogP contribution in [0.5, 0.6) is 5.75 Å². The average molecular weight is 698 g/mol. The monoisotopic (exact) mass is 697 g/mol. The molecule has 17 heteroatoms. The van der Waals surface area contributed by atoms with E-state index in [-0.39, 0.29) is 57.1 Å². The van der Waals surface area contributed by atoms with Crippen LogP contribution in [0.4, 0.5) is 20.6 Å². The number of pyridine rings is 2. The van der Waals surface area contributed by atoms with Crippen LogP contribution in [0.3, 0.4) is 0 Å². The van der Waals surface area contributed by atoms with Crippen LogP contribution in [0.25, 0.3) is 28.0 Å². The Kier molecular flexibility index (Phi) is 9.45. The molecule has 1 aliphatic heterocycles. The van der Waals surface area contributed by atoms with Crippen LogP contribution in [0.2, 0.25) is 5.02 Å². The van der Waals surface area contributed by atoms with Crippen molar-refractivity contribution in [3.05, 3.63) is 73.3 Å². The SMILES string of the molecule is COc1cccc(F)c1-c1nc2c(cc1Cl)c(N1C[C@@H](C)N(C(=O)O)C[C@@H]1C(=O)O)c([N+](=O)[O-])c(=O)n2-c1c(C(C)C)ncnc1C(C)C. The molecule has 1 amide bonds. The predicted octanol–water partition coefficient (Wildman–Crippen LogP) is 5.44. The van der Waals surface area contributed by atoms with E-state index in [1.807, 2.05) is 27.7 Å². The number of nitrogens with zero attached hydrogens (tertiary/aromatic N) is 7. The highest BCUT2D eigenvalue weighted by Crippen LogP contribution is 2.43. The van der Waals surface area contributed by atoms with Crippen LogP contribution < -0.4 is 15.2 Å². The summed E-state index contributed by atoms with van der Waals surface area (Å²) in [5.74, 6) is -2.84. The lowest BCUT2D eigenvalue weighted by atomic mass is 10.00. The Labute approximate surface area is 283 Å². The molecule has 0 spiro atoms. The topological polar surface area (TPSA) is 194 Å². The Hall–Kier alpha value is -5.38. The number of carbonyl (C=O) groups is 2. The normalized spacial score (nSPS) is 16.4. The van der Waals surface area contributed by atoms with Crippen molar-refractivity contribution in [1.29, 1.82) is 0 Å². The molecule has 2 N–H and O–H groups in total. The van der Waals surface area contributed by atoms with Gasteiger partial charge in [-0.3, -0.25) is 19.5 Å². The van der Waals surface area contributed by atoms with E-state index in [1.165, 1.54) is 38.6 Å². The summed E-state index contributed by atoms with van der Waals surface area (Å²) in [6.07, 6.45) is -0.0573. The Bertz CT molecular complexity index is 2050. The summed E-state index contributed by atoms with van der Waals surface area (Å²) >= 11 is 6.79. The zero-order valence-electron chi connectivity index (χ0n) is 27.3. The van der Waals surface area contributed by atoms with Gasteiger partial charge < -0.3 is 24.7 Å². The summed E-state index contributed by atoms with van der Waals surface area (Å²) < 4.78 is 21.9. The van der Waals surface area contributed by atoms with E-state index in [4.69, 9.17) is 21.3 Å². The number of amides is 1. The number of carboxylic acids is 1. The Morgan fingerprint density at radius 1 is 1.10 bits per heavy atom. The predicted molar refractivity (Wildman–Crippen MR) is 178 cm³/mol. The zero-order chi connectivity index (χ0) is 36.1. The van der Waals surface area contributed by atoms with Gasteiger partial charge in [0.05, 0.1) is 57.3 Å². The molecule has 4 aromatic rings. The molecule has 1 saturated heterocycles. The molecule has 3 aromatic heterocycles. The highest BCUT2D eigenvalue weighted by molar-refractivity contribution is 6.34. The van der Waals surface area contributed by atoms with E-state index in [0.717, 1.165) is 20.4 Å². The van der Waals surface area contributed by atoms with Crippen LogP contribution >= 0.6 is 11.6 Å². The first-order valence-corrected chi connectivity index (χ1v) is 15.6. The highest BCUT2D eigenvalue weighted by Gasteiger charge is 2.43. The van der Waals surface area contributed by atoms with Crippen molar-refractivity contribution >= 4 is 46.1 Å². The summed E-state index contributed by atoms with van der Waals surface area (Å²) in [6, 6.07) is 2.82. The van der Waals surface area contributed by atoms with Gasteiger partial charge in [-0.2, -0.15) is 0 Å². The van der Waals surface area contributed by atoms with E-state index in [9.17, 15) is 34.7 Å². The molecular formula is C32H33ClFN7O8. The van der Waals surface area contributed by atoms with Crippen LogP contribution in [-0.2, 0) is 4.79 Å². The lowest BCUT2D eigenvalue weighted by Gasteiger charge is -2.43. The van der Waals surface area contributed by atoms with Gasteiger partial charge in [-0.05, 0) is 37.0 Å². The molecule has 4 heterocycles. The van der Waals surface area contributed by atoms with E-state index >= 15 is 4.39 Å². The number of hydrogen-bond acceptors (Lipinski definition) is 10. The first kappa shape index (κ1) is 34.9. The number of rotatable bonds is 8. The largest absolute Gasteiger partial charge is 0.496 e. The molecule has 0 aliphatic carbocycles. The minimum absolute atomic E-state index is 0.0584. The fraction of sp³-hybridized carbons (Fsp3) is 0.375. The number of piperazine rings is 1. The number of halogens is 2. The van der Waals surface area contributed by atoms with Crippen LogP contribution in [0.1, 0.15) is 57.8 Å². The Morgan fingerprint density at radius 2 is 1.73 bits per heavy atom. The van der Waals surface area contributed by atoms with Crippen molar-refractivity contribution in [3.8, 4) is 22.7 Å². The van der Waals surface area contributed by atoms with Crippen molar-refractivity contribution in [3.63, 3.8) is 0 Å². The fourth-order valence-corrected chi connectivity index (χ4v) is 6.42. The second kappa shape index (κ2) is 13.3. The molecule has 5 rings (SSSR count). The lowest BCUT2D eigenvalue weighted by molar-refractivity contribution is -0.385. The van der Waals surface area contributed by atoms with Crippen molar-refractivity contribution in [2.24, 2.45) is 0 Å². The quantitative estimate of drug-likeness (QED) is 0.175. The summed E-state index contributed by atoms with van der Waals surface area (Å²) in [5.41, 5.74) is -2.33. The second-order valence-electron chi connectivity index (χ2n) is 12.2. The maximum Gasteiger partial charge on any atom is 0.407 e. The van der Waals surface area contributed by atoms with Crippen molar-refractivity contribution < 1.29 is 33.9 Å². The molecular weight excluding hydrogens is 665 g/mol. The molecule has 1 aliphatic rings. The number of carboxylic acid groups (broad SMARTS) is 2. The Balaban J connectivity index is 2.04. The van der Waals surface area contributed by atoms with Crippen molar-refractivity contribution in [1.82, 2.24) is 24.4 Å². The smallest absolute Gasteiger partial charge is 0.407 e. The maximum atomic E-state index is 15.5. The summed E-state index contributed by atoms with van der Waals surface area (Å²) in [5, 5.41) is 32.6. The molecule has 0 radical (unpaired) electrons. The third kappa shape index (κ3) is 5.96. The summed E-state index contributed by atoms with van der Waals surface area (Å²) in [4.78, 5) is 66.9. The number of anilines is 1. The van der Waals surface area contributed by atoms with Crippen LogP contribution in [0.15, 0.2) is 35.4 Å². The number of aliphatic carboxylic acids is 1. The molecule has 1 aromatic carbocycles. The molecule has 49 heavy (non-hydrogen) atoms. The van der Waals surface area contributed by atoms with Gasteiger partial charge in [-0.15, -0.1) is 0 Å². The highest BCUT2D eigenvalue weighted by atomic mass is 35.5. The number of nitro groups is 1. The van der Waals surface area contributed by atoms with E-state index in [0.29, 0.717) is 11.4 Å². The molecule has 0 unspecified atom stereocenters. The van der Waals surface area contributed by atoms with Crippen molar-refractivity contribution in [2.75, 3.05) is 25.1 Å². The zero-order valence-corrected chi connectivity index (χ0v) is 28.1. The Morgan fingerprint density at radius 3 is 2.27 bits per heavy atom. The number of hydrogen-bond donors (Lipinski definition) is 2.